The van der Waals surface area contributed by atoms with Crippen molar-refractivity contribution in [2.45, 2.75) is 52.5 Å². The highest BCUT2D eigenvalue weighted by atomic mass is 32.2. The normalized spacial score (nSPS) is 22.7. The third kappa shape index (κ3) is 7.94. The Bertz CT molecular complexity index is 159. The number of unbranched alkanes of at least 4 members (excludes halogenated alkanes) is 1. The Hall–Kier alpha value is 0.0700. The SMILES string of the molecule is CC.CCCCS(=O)NC1CCCNC1. The van der Waals surface area contributed by atoms with Gasteiger partial charge in [-0.1, -0.05) is 27.2 Å². The number of rotatable bonds is 5. The highest BCUT2D eigenvalue weighted by Crippen LogP contribution is 2.02. The Kier molecular flexibility index (Phi) is 10.6. The van der Waals surface area contributed by atoms with Gasteiger partial charge in [0.1, 0.15) is 0 Å². The minimum atomic E-state index is -0.807. The van der Waals surface area contributed by atoms with Gasteiger partial charge in [-0.3, -0.25) is 0 Å². The zero-order chi connectivity index (χ0) is 11.5. The fraction of sp³-hybridized carbons (Fsp3) is 1.00. The van der Waals surface area contributed by atoms with Crippen LogP contribution >= 0.6 is 0 Å². The smallest absolute Gasteiger partial charge is 0.0918 e. The van der Waals surface area contributed by atoms with E-state index in [1.807, 2.05) is 13.8 Å². The molecule has 0 aromatic carbocycles. The van der Waals surface area contributed by atoms with E-state index in [9.17, 15) is 4.21 Å². The third-order valence-corrected chi connectivity index (χ3v) is 3.53. The van der Waals surface area contributed by atoms with E-state index in [0.717, 1.165) is 38.1 Å². The minimum absolute atomic E-state index is 0.423. The molecular formula is C11H26N2OS. The molecule has 1 heterocycles. The third-order valence-electron chi connectivity index (χ3n) is 2.28. The first-order valence-corrected chi connectivity index (χ1v) is 7.50. The Morgan fingerprint density at radius 1 is 1.47 bits per heavy atom. The van der Waals surface area contributed by atoms with Gasteiger partial charge in [0.25, 0.3) is 0 Å². The van der Waals surface area contributed by atoms with Crippen molar-refractivity contribution in [1.29, 1.82) is 0 Å². The van der Waals surface area contributed by atoms with Gasteiger partial charge in [0.05, 0.1) is 11.0 Å². The molecule has 92 valence electrons. The average molecular weight is 234 g/mol. The molecular weight excluding hydrogens is 208 g/mol. The van der Waals surface area contributed by atoms with Gasteiger partial charge >= 0.3 is 0 Å². The van der Waals surface area contributed by atoms with Crippen LogP contribution in [0.2, 0.25) is 0 Å². The zero-order valence-corrected chi connectivity index (χ0v) is 11.2. The summed E-state index contributed by atoms with van der Waals surface area (Å²) >= 11 is 0. The van der Waals surface area contributed by atoms with E-state index in [-0.39, 0.29) is 0 Å². The van der Waals surface area contributed by atoms with Crippen LogP contribution < -0.4 is 10.0 Å². The lowest BCUT2D eigenvalue weighted by molar-refractivity contribution is 0.436. The van der Waals surface area contributed by atoms with Crippen molar-refractivity contribution in [2.75, 3.05) is 18.8 Å². The summed E-state index contributed by atoms with van der Waals surface area (Å²) in [7, 11) is -0.807. The van der Waals surface area contributed by atoms with Crippen LogP contribution in [0.4, 0.5) is 0 Å². The highest BCUT2D eigenvalue weighted by molar-refractivity contribution is 7.83. The van der Waals surface area contributed by atoms with Crippen LogP contribution in [0.3, 0.4) is 0 Å². The van der Waals surface area contributed by atoms with Crippen molar-refractivity contribution in [2.24, 2.45) is 0 Å². The van der Waals surface area contributed by atoms with Gasteiger partial charge in [-0.2, -0.15) is 0 Å². The first kappa shape index (κ1) is 15.1. The van der Waals surface area contributed by atoms with Crippen molar-refractivity contribution in [3.05, 3.63) is 0 Å². The maximum Gasteiger partial charge on any atom is 0.0918 e. The minimum Gasteiger partial charge on any atom is -0.315 e. The van der Waals surface area contributed by atoms with Crippen molar-refractivity contribution in [3.63, 3.8) is 0 Å². The van der Waals surface area contributed by atoms with Crippen molar-refractivity contribution in [1.82, 2.24) is 10.0 Å². The molecule has 2 unspecified atom stereocenters. The molecule has 2 atom stereocenters. The van der Waals surface area contributed by atoms with Crippen LogP contribution in [0.1, 0.15) is 46.5 Å². The molecule has 0 aliphatic carbocycles. The molecule has 0 saturated carbocycles. The van der Waals surface area contributed by atoms with Crippen molar-refractivity contribution >= 4 is 11.0 Å². The molecule has 3 nitrogen and oxygen atoms in total. The summed E-state index contributed by atoms with van der Waals surface area (Å²) in [5.41, 5.74) is 0. The Balaban J connectivity index is 0.000000921. The lowest BCUT2D eigenvalue weighted by Crippen LogP contribution is -2.44. The van der Waals surface area contributed by atoms with Gasteiger partial charge in [-0.05, 0) is 25.8 Å². The molecule has 1 rings (SSSR count). The predicted molar refractivity (Wildman–Crippen MR) is 68.3 cm³/mol. The van der Waals surface area contributed by atoms with Crippen LogP contribution in [-0.4, -0.2) is 29.1 Å². The molecule has 2 N–H and O–H groups in total. The summed E-state index contributed by atoms with van der Waals surface area (Å²) in [6, 6.07) is 0.423. The number of hydrogen-bond donors (Lipinski definition) is 2. The van der Waals surface area contributed by atoms with Gasteiger partial charge in [-0.25, -0.2) is 8.93 Å². The number of nitrogens with one attached hydrogen (secondary N) is 2. The standard InChI is InChI=1S/C9H20N2OS.C2H6/c1-2-3-7-13(12)11-9-5-4-6-10-8-9;1-2/h9-11H,2-8H2,1H3;1-2H3. The lowest BCUT2D eigenvalue weighted by atomic mass is 10.1. The van der Waals surface area contributed by atoms with E-state index in [4.69, 9.17) is 0 Å². The molecule has 0 spiro atoms. The first-order valence-electron chi connectivity index (χ1n) is 6.18. The number of hydrogen-bond acceptors (Lipinski definition) is 2. The topological polar surface area (TPSA) is 41.1 Å². The quantitative estimate of drug-likeness (QED) is 0.762. The molecule has 0 amide bonds. The summed E-state index contributed by atoms with van der Waals surface area (Å²) in [4.78, 5) is 0. The molecule has 4 heteroatoms. The van der Waals surface area contributed by atoms with Crippen LogP contribution in [0.5, 0.6) is 0 Å². The van der Waals surface area contributed by atoms with Gasteiger partial charge in [-0.15, -0.1) is 0 Å². The van der Waals surface area contributed by atoms with E-state index in [2.05, 4.69) is 17.0 Å². The molecule has 1 aliphatic heterocycles. The maximum absolute atomic E-state index is 11.4. The number of piperidine rings is 1. The molecule has 1 fully saturated rings. The van der Waals surface area contributed by atoms with Crippen LogP contribution in [0.25, 0.3) is 0 Å². The van der Waals surface area contributed by atoms with Gasteiger partial charge in [0.2, 0.25) is 0 Å². The van der Waals surface area contributed by atoms with Crippen molar-refractivity contribution < 1.29 is 4.21 Å². The summed E-state index contributed by atoms with van der Waals surface area (Å²) in [5.74, 6) is 0.799. The van der Waals surface area contributed by atoms with E-state index in [0.29, 0.717) is 6.04 Å². The molecule has 0 radical (unpaired) electrons. The molecule has 0 aromatic rings. The molecule has 0 bridgehead atoms. The van der Waals surface area contributed by atoms with E-state index < -0.39 is 11.0 Å². The molecule has 0 aromatic heterocycles. The van der Waals surface area contributed by atoms with Crippen LogP contribution in [-0.2, 0) is 11.0 Å². The summed E-state index contributed by atoms with van der Waals surface area (Å²) in [6.45, 7) is 8.21. The summed E-state index contributed by atoms with van der Waals surface area (Å²) < 4.78 is 14.6. The zero-order valence-electron chi connectivity index (χ0n) is 10.3. The summed E-state index contributed by atoms with van der Waals surface area (Å²) in [6.07, 6.45) is 4.53. The van der Waals surface area contributed by atoms with Gasteiger partial charge < -0.3 is 5.32 Å². The Morgan fingerprint density at radius 2 is 2.20 bits per heavy atom. The highest BCUT2D eigenvalue weighted by Gasteiger charge is 2.14. The second-order valence-electron chi connectivity index (χ2n) is 3.56. The lowest BCUT2D eigenvalue weighted by Gasteiger charge is -2.23. The fourth-order valence-corrected chi connectivity index (χ4v) is 2.71. The molecule has 15 heavy (non-hydrogen) atoms. The summed E-state index contributed by atoms with van der Waals surface area (Å²) in [5, 5.41) is 3.30. The second kappa shape index (κ2) is 10.6. The van der Waals surface area contributed by atoms with Crippen molar-refractivity contribution in [3.8, 4) is 0 Å². The fourth-order valence-electron chi connectivity index (χ4n) is 1.47. The van der Waals surface area contributed by atoms with E-state index in [1.54, 1.807) is 0 Å². The van der Waals surface area contributed by atoms with E-state index >= 15 is 0 Å². The Morgan fingerprint density at radius 3 is 2.73 bits per heavy atom. The second-order valence-corrected chi connectivity index (χ2v) is 4.90. The van der Waals surface area contributed by atoms with Crippen LogP contribution in [0.15, 0.2) is 0 Å². The van der Waals surface area contributed by atoms with Gasteiger partial charge in [0, 0.05) is 18.3 Å². The largest absolute Gasteiger partial charge is 0.315 e. The average Bonchev–Trinajstić information content (AvgIpc) is 2.30. The Labute approximate surface area is 97.0 Å². The molecule has 1 aliphatic rings. The molecule has 1 saturated heterocycles. The predicted octanol–water partition coefficient (Wildman–Crippen LogP) is 1.82. The monoisotopic (exact) mass is 234 g/mol. The van der Waals surface area contributed by atoms with Crippen LogP contribution in [0, 0.1) is 0 Å². The van der Waals surface area contributed by atoms with Gasteiger partial charge in [0.15, 0.2) is 0 Å². The maximum atomic E-state index is 11.4. The first-order chi connectivity index (χ1) is 7.33. The van der Waals surface area contributed by atoms with E-state index in [1.165, 1.54) is 6.42 Å².